The number of nitrogens with zero attached hydrogens (tertiary/aromatic N) is 1. The Labute approximate surface area is 95.6 Å². The second-order valence-corrected chi connectivity index (χ2v) is 5.56. The van der Waals surface area contributed by atoms with Crippen LogP contribution in [0.15, 0.2) is 0 Å². The number of halogens is 1. The Morgan fingerprint density at radius 2 is 2.19 bits per heavy atom. The summed E-state index contributed by atoms with van der Waals surface area (Å²) in [5.41, 5.74) is -0.267. The molecule has 1 N–H and O–H groups in total. The highest BCUT2D eigenvalue weighted by Crippen LogP contribution is 2.43. The zero-order valence-electron chi connectivity index (χ0n) is 9.57. The second-order valence-electron chi connectivity index (χ2n) is 5.56. The zero-order valence-corrected chi connectivity index (χ0v) is 9.57. The minimum atomic E-state index is -0.768. The quantitative estimate of drug-likeness (QED) is 0.783. The fourth-order valence-electron chi connectivity index (χ4n) is 3.26. The fourth-order valence-corrected chi connectivity index (χ4v) is 3.26. The molecule has 92 valence electrons. The van der Waals surface area contributed by atoms with Gasteiger partial charge in [-0.2, -0.15) is 0 Å². The predicted octanol–water partition coefficient (Wildman–Crippen LogP) is 1.10. The lowest BCUT2D eigenvalue weighted by atomic mass is 9.95. The molecule has 3 aliphatic rings. The van der Waals surface area contributed by atoms with E-state index in [1.165, 1.54) is 12.8 Å². The second kappa shape index (κ2) is 3.93. The topological polar surface area (TPSA) is 32.7 Å². The minimum absolute atomic E-state index is 0.0906. The maximum atomic E-state index is 13.5. The summed E-state index contributed by atoms with van der Waals surface area (Å²) in [4.78, 5) is 2.17. The van der Waals surface area contributed by atoms with Gasteiger partial charge in [-0.15, -0.1) is 0 Å². The molecule has 3 atom stereocenters. The van der Waals surface area contributed by atoms with Gasteiger partial charge in [0.1, 0.15) is 6.17 Å². The third kappa shape index (κ3) is 1.77. The van der Waals surface area contributed by atoms with Crippen molar-refractivity contribution in [1.82, 2.24) is 4.90 Å². The van der Waals surface area contributed by atoms with Crippen molar-refractivity contribution in [3.63, 3.8) is 0 Å². The Morgan fingerprint density at radius 1 is 1.38 bits per heavy atom. The zero-order chi connectivity index (χ0) is 11.2. The lowest BCUT2D eigenvalue weighted by Crippen LogP contribution is -2.46. The molecule has 2 heterocycles. The number of hydrogen-bond acceptors (Lipinski definition) is 3. The normalized spacial score (nSPS) is 43.9. The van der Waals surface area contributed by atoms with Gasteiger partial charge in [-0.1, -0.05) is 0 Å². The van der Waals surface area contributed by atoms with E-state index in [1.807, 2.05) is 0 Å². The van der Waals surface area contributed by atoms with Crippen molar-refractivity contribution in [1.29, 1.82) is 0 Å². The molecule has 3 nitrogen and oxygen atoms in total. The van der Waals surface area contributed by atoms with Gasteiger partial charge in [0.25, 0.3) is 0 Å². The highest BCUT2D eigenvalue weighted by atomic mass is 19.1. The van der Waals surface area contributed by atoms with Gasteiger partial charge in [-0.05, 0) is 25.7 Å². The summed E-state index contributed by atoms with van der Waals surface area (Å²) in [6, 6.07) is 0.327. The number of aliphatic hydroxyl groups is 1. The number of ether oxygens (including phenoxy) is 1. The molecule has 2 aliphatic heterocycles. The van der Waals surface area contributed by atoms with Crippen LogP contribution in [0.3, 0.4) is 0 Å². The first-order valence-corrected chi connectivity index (χ1v) is 6.37. The molecule has 2 unspecified atom stereocenters. The highest BCUT2D eigenvalue weighted by Gasteiger charge is 2.52. The first-order chi connectivity index (χ1) is 7.73. The number of alkyl halides is 1. The number of aliphatic hydroxyl groups excluding tert-OH is 1. The molecule has 1 aliphatic carbocycles. The van der Waals surface area contributed by atoms with Crippen LogP contribution < -0.4 is 0 Å². The Hall–Kier alpha value is -0.190. The molecule has 0 radical (unpaired) electrons. The van der Waals surface area contributed by atoms with Crippen molar-refractivity contribution in [3.05, 3.63) is 0 Å². The Bertz CT molecular complexity index is 272. The summed E-state index contributed by atoms with van der Waals surface area (Å²) in [6.45, 7) is 1.30. The molecule has 4 heteroatoms. The van der Waals surface area contributed by atoms with Crippen LogP contribution >= 0.6 is 0 Å². The van der Waals surface area contributed by atoms with Gasteiger partial charge in [0.15, 0.2) is 0 Å². The van der Waals surface area contributed by atoms with Crippen LogP contribution in [0.4, 0.5) is 4.39 Å². The monoisotopic (exact) mass is 229 g/mol. The average Bonchev–Trinajstić information content (AvgIpc) is 2.95. The molecule has 2 saturated heterocycles. The summed E-state index contributed by atoms with van der Waals surface area (Å²) < 4.78 is 19.2. The third-order valence-corrected chi connectivity index (χ3v) is 4.33. The third-order valence-electron chi connectivity index (χ3n) is 4.33. The molecule has 0 amide bonds. The maximum Gasteiger partial charge on any atom is 0.115 e. The lowest BCUT2D eigenvalue weighted by Gasteiger charge is -2.32. The molecule has 0 aromatic rings. The van der Waals surface area contributed by atoms with E-state index in [9.17, 15) is 9.50 Å². The van der Waals surface area contributed by atoms with Crippen LogP contribution in [-0.2, 0) is 4.74 Å². The largest absolute Gasteiger partial charge is 0.394 e. The van der Waals surface area contributed by atoms with E-state index < -0.39 is 6.17 Å². The van der Waals surface area contributed by atoms with Crippen LogP contribution in [0.25, 0.3) is 0 Å². The van der Waals surface area contributed by atoms with Gasteiger partial charge < -0.3 is 9.84 Å². The van der Waals surface area contributed by atoms with Crippen molar-refractivity contribution in [3.8, 4) is 0 Å². The molecule has 0 spiro atoms. The fraction of sp³-hybridized carbons (Fsp3) is 1.00. The summed E-state index contributed by atoms with van der Waals surface area (Å²) in [5, 5.41) is 9.50. The molecular formula is C12H20FNO2. The Morgan fingerprint density at radius 3 is 2.88 bits per heavy atom. The first kappa shape index (κ1) is 10.9. The van der Waals surface area contributed by atoms with Gasteiger partial charge in [-0.25, -0.2) is 4.39 Å². The van der Waals surface area contributed by atoms with Crippen molar-refractivity contribution < 1.29 is 14.2 Å². The lowest BCUT2D eigenvalue weighted by molar-refractivity contribution is 0.0272. The minimum Gasteiger partial charge on any atom is -0.394 e. The molecule has 0 aromatic carbocycles. The summed E-state index contributed by atoms with van der Waals surface area (Å²) in [7, 11) is 0. The van der Waals surface area contributed by atoms with Crippen molar-refractivity contribution in [2.24, 2.45) is 0 Å². The number of rotatable bonds is 4. The average molecular weight is 229 g/mol. The van der Waals surface area contributed by atoms with Crippen molar-refractivity contribution >= 4 is 0 Å². The van der Waals surface area contributed by atoms with E-state index in [4.69, 9.17) is 4.74 Å². The molecule has 0 aromatic heterocycles. The van der Waals surface area contributed by atoms with Crippen LogP contribution in [0.1, 0.15) is 32.1 Å². The SMILES string of the molecule is OCC12CCC(COC3CC3)N1C[C@H](F)C2. The van der Waals surface area contributed by atoms with Gasteiger partial charge in [0, 0.05) is 24.5 Å². The van der Waals surface area contributed by atoms with Crippen molar-refractivity contribution in [2.75, 3.05) is 19.8 Å². The first-order valence-electron chi connectivity index (χ1n) is 6.37. The molecule has 3 fully saturated rings. The molecular weight excluding hydrogens is 209 g/mol. The van der Waals surface area contributed by atoms with Crippen LogP contribution in [0.2, 0.25) is 0 Å². The molecule has 16 heavy (non-hydrogen) atoms. The van der Waals surface area contributed by atoms with E-state index in [1.54, 1.807) is 0 Å². The van der Waals surface area contributed by atoms with Gasteiger partial charge in [-0.3, -0.25) is 4.90 Å². The summed E-state index contributed by atoms with van der Waals surface area (Å²) >= 11 is 0. The maximum absolute atomic E-state index is 13.5. The van der Waals surface area contributed by atoms with E-state index >= 15 is 0 Å². The number of hydrogen-bond donors (Lipinski definition) is 1. The number of fused-ring (bicyclic) bond motifs is 1. The summed E-state index contributed by atoms with van der Waals surface area (Å²) in [6.07, 6.45) is 4.53. The van der Waals surface area contributed by atoms with Crippen LogP contribution in [0, 0.1) is 0 Å². The standard InChI is InChI=1S/C12H20FNO2/c13-9-5-12(8-15)4-3-10(14(12)6-9)7-16-11-1-2-11/h9-11,15H,1-8H2/t9-,10?,12?/m1/s1. The van der Waals surface area contributed by atoms with Gasteiger partial charge in [0.05, 0.1) is 19.3 Å². The van der Waals surface area contributed by atoms with Crippen molar-refractivity contribution in [2.45, 2.75) is 56.0 Å². The molecule has 0 bridgehead atoms. The van der Waals surface area contributed by atoms with E-state index in [0.29, 0.717) is 25.1 Å². The molecule has 1 saturated carbocycles. The van der Waals surface area contributed by atoms with Gasteiger partial charge >= 0.3 is 0 Å². The summed E-state index contributed by atoms with van der Waals surface area (Å²) in [5.74, 6) is 0. The van der Waals surface area contributed by atoms with Gasteiger partial charge in [0.2, 0.25) is 0 Å². The Kier molecular flexibility index (Phi) is 2.68. The smallest absolute Gasteiger partial charge is 0.115 e. The highest BCUT2D eigenvalue weighted by molar-refractivity contribution is 5.07. The predicted molar refractivity (Wildman–Crippen MR) is 58.0 cm³/mol. The van der Waals surface area contributed by atoms with Crippen LogP contribution in [-0.4, -0.2) is 53.6 Å². The van der Waals surface area contributed by atoms with Crippen LogP contribution in [0.5, 0.6) is 0 Å². The van der Waals surface area contributed by atoms with E-state index in [2.05, 4.69) is 4.90 Å². The van der Waals surface area contributed by atoms with E-state index in [-0.39, 0.29) is 12.1 Å². The molecule has 3 rings (SSSR count). The van der Waals surface area contributed by atoms with E-state index in [0.717, 1.165) is 19.4 Å². The Balaban J connectivity index is 1.63.